The van der Waals surface area contributed by atoms with Gasteiger partial charge in [-0.15, -0.1) is 0 Å². The summed E-state index contributed by atoms with van der Waals surface area (Å²) in [7, 11) is 0. The van der Waals surface area contributed by atoms with Crippen molar-refractivity contribution >= 4 is 17.5 Å². The molecule has 0 aromatic heterocycles. The fourth-order valence-electron chi connectivity index (χ4n) is 4.92. The van der Waals surface area contributed by atoms with Crippen LogP contribution in [0.5, 0.6) is 5.75 Å². The van der Waals surface area contributed by atoms with Crippen LogP contribution in [-0.4, -0.2) is 60.9 Å². The number of benzene rings is 2. The lowest BCUT2D eigenvalue weighted by Crippen LogP contribution is -2.37. The van der Waals surface area contributed by atoms with Crippen molar-refractivity contribution in [2.45, 2.75) is 38.5 Å². The number of amides is 2. The Labute approximate surface area is 201 Å². The molecule has 1 N–H and O–H groups in total. The van der Waals surface area contributed by atoms with Gasteiger partial charge in [0.25, 0.3) is 11.8 Å². The van der Waals surface area contributed by atoms with Crippen LogP contribution >= 0.6 is 0 Å². The van der Waals surface area contributed by atoms with E-state index in [4.69, 9.17) is 4.74 Å². The second kappa shape index (κ2) is 12.0. The van der Waals surface area contributed by atoms with Crippen molar-refractivity contribution in [2.75, 3.05) is 44.6 Å². The van der Waals surface area contributed by atoms with Crippen LogP contribution in [0.2, 0.25) is 0 Å². The Balaban J connectivity index is 1.32. The second-order valence-electron chi connectivity index (χ2n) is 9.26. The van der Waals surface area contributed by atoms with E-state index in [2.05, 4.69) is 10.2 Å². The highest BCUT2D eigenvalue weighted by atomic mass is 19.1. The second-order valence-corrected chi connectivity index (χ2v) is 9.26. The number of halogens is 1. The third kappa shape index (κ3) is 6.56. The van der Waals surface area contributed by atoms with E-state index in [1.165, 1.54) is 44.2 Å². The third-order valence-electron chi connectivity index (χ3n) is 6.74. The summed E-state index contributed by atoms with van der Waals surface area (Å²) in [5.41, 5.74) is 0.546. The molecule has 2 aromatic rings. The first kappa shape index (κ1) is 24.2. The monoisotopic (exact) mass is 467 g/mol. The Hall–Kier alpha value is -2.93. The smallest absolute Gasteiger partial charge is 0.262 e. The quantitative estimate of drug-likeness (QED) is 0.648. The van der Waals surface area contributed by atoms with Crippen LogP contribution < -0.4 is 10.1 Å². The molecule has 2 aliphatic rings. The van der Waals surface area contributed by atoms with Crippen LogP contribution in [0.3, 0.4) is 0 Å². The molecule has 34 heavy (non-hydrogen) atoms. The molecule has 4 rings (SSSR count). The maximum absolute atomic E-state index is 13.8. The van der Waals surface area contributed by atoms with Crippen LogP contribution in [0.25, 0.3) is 0 Å². The number of nitrogens with zero attached hydrogens (tertiary/aromatic N) is 2. The number of hydrogen-bond donors (Lipinski definition) is 1. The van der Waals surface area contributed by atoms with Crippen molar-refractivity contribution in [2.24, 2.45) is 5.92 Å². The zero-order valence-electron chi connectivity index (χ0n) is 19.7. The number of hydrogen-bond acceptors (Lipinski definition) is 4. The molecule has 6 nitrogen and oxygen atoms in total. The van der Waals surface area contributed by atoms with E-state index in [0.29, 0.717) is 24.4 Å². The predicted octanol–water partition coefficient (Wildman–Crippen LogP) is 4.57. The van der Waals surface area contributed by atoms with Gasteiger partial charge in [-0.05, 0) is 56.0 Å². The molecule has 0 atom stereocenters. The molecule has 2 aromatic carbocycles. The number of carbonyl (C=O) groups excluding carboxylic acids is 2. The molecule has 1 aliphatic heterocycles. The molecule has 7 heteroatoms. The topological polar surface area (TPSA) is 61.9 Å². The van der Waals surface area contributed by atoms with Gasteiger partial charge in [-0.3, -0.25) is 9.59 Å². The van der Waals surface area contributed by atoms with Gasteiger partial charge in [-0.2, -0.15) is 0 Å². The van der Waals surface area contributed by atoms with Gasteiger partial charge in [0.1, 0.15) is 11.6 Å². The molecule has 1 aliphatic carbocycles. The highest BCUT2D eigenvalue weighted by molar-refractivity contribution is 5.97. The molecular weight excluding hydrogens is 433 g/mol. The van der Waals surface area contributed by atoms with Crippen LogP contribution in [0.1, 0.15) is 48.9 Å². The molecule has 1 heterocycles. The Kier molecular flexibility index (Phi) is 8.52. The summed E-state index contributed by atoms with van der Waals surface area (Å²) in [5, 5.41) is 2.50. The van der Waals surface area contributed by atoms with Gasteiger partial charge in [0, 0.05) is 26.2 Å². The summed E-state index contributed by atoms with van der Waals surface area (Å²) in [6.45, 7) is 4.13. The van der Waals surface area contributed by atoms with Crippen molar-refractivity contribution in [3.8, 4) is 5.75 Å². The minimum atomic E-state index is -0.509. The van der Waals surface area contributed by atoms with Gasteiger partial charge < -0.3 is 19.9 Å². The number of carbonyl (C=O) groups is 2. The van der Waals surface area contributed by atoms with Gasteiger partial charge in [-0.25, -0.2) is 4.39 Å². The molecule has 2 amide bonds. The maximum Gasteiger partial charge on any atom is 0.262 e. The Morgan fingerprint density at radius 1 is 0.912 bits per heavy atom. The summed E-state index contributed by atoms with van der Waals surface area (Å²) >= 11 is 0. The number of ether oxygens (including phenoxy) is 1. The van der Waals surface area contributed by atoms with Gasteiger partial charge >= 0.3 is 0 Å². The molecule has 1 saturated carbocycles. The average Bonchev–Trinajstić information content (AvgIpc) is 3.10. The third-order valence-corrected chi connectivity index (χ3v) is 6.74. The lowest BCUT2D eigenvalue weighted by Gasteiger charge is -2.29. The van der Waals surface area contributed by atoms with Gasteiger partial charge in [0.15, 0.2) is 6.61 Å². The molecular formula is C27H34FN3O3. The van der Waals surface area contributed by atoms with Crippen molar-refractivity contribution in [3.63, 3.8) is 0 Å². The first-order chi connectivity index (χ1) is 16.6. The first-order valence-electron chi connectivity index (χ1n) is 12.4. The summed E-state index contributed by atoms with van der Waals surface area (Å²) in [4.78, 5) is 30.0. The molecule has 0 bridgehead atoms. The van der Waals surface area contributed by atoms with Crippen molar-refractivity contribution in [3.05, 3.63) is 59.9 Å². The molecule has 1 saturated heterocycles. The zero-order chi connectivity index (χ0) is 23.8. The minimum absolute atomic E-state index is 0.0790. The first-order valence-corrected chi connectivity index (χ1v) is 12.4. The summed E-state index contributed by atoms with van der Waals surface area (Å²) < 4.78 is 19.5. The van der Waals surface area contributed by atoms with Crippen LogP contribution in [0.15, 0.2) is 48.5 Å². The molecule has 0 radical (unpaired) electrons. The van der Waals surface area contributed by atoms with E-state index in [0.717, 1.165) is 32.0 Å². The average molecular weight is 468 g/mol. The van der Waals surface area contributed by atoms with E-state index in [9.17, 15) is 14.0 Å². The molecule has 0 unspecified atom stereocenters. The van der Waals surface area contributed by atoms with Crippen molar-refractivity contribution in [1.82, 2.24) is 9.80 Å². The standard InChI is InChI=1S/C27H34FN3O3/c28-23-12-5-6-13-24(23)29-26(32)20-34-25-14-7-4-11-22(25)27(33)31-16-8-15-30(17-18-31)19-21-9-2-1-3-10-21/h4-7,11-14,21H,1-3,8-10,15-20H2,(H,29,32). The van der Waals surface area contributed by atoms with E-state index in [1.807, 2.05) is 4.90 Å². The number of para-hydroxylation sites is 2. The zero-order valence-corrected chi connectivity index (χ0v) is 19.7. The largest absolute Gasteiger partial charge is 0.483 e. The highest BCUT2D eigenvalue weighted by Crippen LogP contribution is 2.25. The van der Waals surface area contributed by atoms with Crippen molar-refractivity contribution in [1.29, 1.82) is 0 Å². The van der Waals surface area contributed by atoms with Gasteiger partial charge in [0.2, 0.25) is 0 Å². The normalized spacial score (nSPS) is 17.7. The molecule has 2 fully saturated rings. The summed E-state index contributed by atoms with van der Waals surface area (Å²) in [5.74, 6) is 0.0790. The van der Waals surface area contributed by atoms with Crippen LogP contribution in [0.4, 0.5) is 10.1 Å². The Bertz CT molecular complexity index is 977. The van der Waals surface area contributed by atoms with E-state index < -0.39 is 11.7 Å². The van der Waals surface area contributed by atoms with Crippen LogP contribution in [-0.2, 0) is 4.79 Å². The Morgan fingerprint density at radius 3 is 2.50 bits per heavy atom. The van der Waals surface area contributed by atoms with Gasteiger partial charge in [-0.1, -0.05) is 43.5 Å². The van der Waals surface area contributed by atoms with Crippen LogP contribution in [0, 0.1) is 11.7 Å². The fourth-order valence-corrected chi connectivity index (χ4v) is 4.92. The molecule has 0 spiro atoms. The lowest BCUT2D eigenvalue weighted by atomic mass is 9.89. The fraction of sp³-hybridized carbons (Fsp3) is 0.481. The number of anilines is 1. The Morgan fingerprint density at radius 2 is 1.68 bits per heavy atom. The lowest BCUT2D eigenvalue weighted by molar-refractivity contribution is -0.118. The highest BCUT2D eigenvalue weighted by Gasteiger charge is 2.24. The maximum atomic E-state index is 13.8. The van der Waals surface area contributed by atoms with E-state index >= 15 is 0 Å². The molecule has 182 valence electrons. The summed E-state index contributed by atoms with van der Waals surface area (Å²) in [6, 6.07) is 13.0. The van der Waals surface area contributed by atoms with E-state index in [-0.39, 0.29) is 18.2 Å². The SMILES string of the molecule is O=C(COc1ccccc1C(=O)N1CCCN(CC2CCCCC2)CC1)Nc1ccccc1F. The van der Waals surface area contributed by atoms with E-state index in [1.54, 1.807) is 36.4 Å². The minimum Gasteiger partial charge on any atom is -0.483 e. The number of rotatable bonds is 7. The predicted molar refractivity (Wildman–Crippen MR) is 131 cm³/mol. The summed E-state index contributed by atoms with van der Waals surface area (Å²) in [6.07, 6.45) is 7.66. The van der Waals surface area contributed by atoms with Gasteiger partial charge in [0.05, 0.1) is 11.3 Å². The number of nitrogens with one attached hydrogen (secondary N) is 1. The van der Waals surface area contributed by atoms with Crippen molar-refractivity contribution < 1.29 is 18.7 Å².